The first-order valence-electron chi connectivity index (χ1n) is 4.63. The van der Waals surface area contributed by atoms with Crippen LogP contribution in [0.25, 0.3) is 0 Å². The summed E-state index contributed by atoms with van der Waals surface area (Å²) in [6.07, 6.45) is 7.57. The fraction of sp³-hybridized carbons (Fsp3) is 1.00. The maximum Gasteiger partial charge on any atom is 0.341 e. The van der Waals surface area contributed by atoms with Crippen molar-refractivity contribution in [3.8, 4) is 0 Å². The van der Waals surface area contributed by atoms with Gasteiger partial charge >= 0.3 is 6.00 Å². The number of unbranched alkanes of at least 4 members (excludes halogenated alkanes) is 5. The predicted octanol–water partition coefficient (Wildman–Crippen LogP) is 4.62. The zero-order chi connectivity index (χ0) is 9.45. The van der Waals surface area contributed by atoms with Crippen molar-refractivity contribution in [3.63, 3.8) is 0 Å². The van der Waals surface area contributed by atoms with Crippen LogP contribution >= 0.6 is 33.2 Å². The van der Waals surface area contributed by atoms with Gasteiger partial charge in [0.05, 0.1) is 0 Å². The van der Waals surface area contributed by atoms with Gasteiger partial charge in [-0.2, -0.15) is 0 Å². The fourth-order valence-corrected chi connectivity index (χ4v) is 2.96. The minimum atomic E-state index is -2.31. The minimum Gasteiger partial charge on any atom is -0.126 e. The third-order valence-corrected chi connectivity index (χ3v) is 4.44. The van der Waals surface area contributed by atoms with E-state index in [0.717, 1.165) is 12.5 Å². The molecule has 0 aliphatic rings. The third-order valence-electron chi connectivity index (χ3n) is 1.81. The third kappa shape index (κ3) is 16.6. The Morgan fingerprint density at radius 3 is 1.77 bits per heavy atom. The van der Waals surface area contributed by atoms with E-state index < -0.39 is 6.00 Å². The molecule has 0 aromatic rings. The molecule has 4 radical (unpaired) electrons. The average molecular weight is 366 g/mol. The quantitative estimate of drug-likeness (QED) is 0.350. The standard InChI is InChI=1S/C8H17Cl3Si.Sn/c1-2-3-4-5-6-7-8-12(9,10)11;/h2-8H2,1H3;. The number of rotatable bonds is 7. The Balaban J connectivity index is 0. The van der Waals surface area contributed by atoms with Gasteiger partial charge in [-0.1, -0.05) is 45.4 Å². The van der Waals surface area contributed by atoms with Gasteiger partial charge in [0.25, 0.3) is 0 Å². The molecule has 0 rings (SSSR count). The van der Waals surface area contributed by atoms with E-state index in [9.17, 15) is 0 Å². The van der Waals surface area contributed by atoms with Crippen LogP contribution in [-0.4, -0.2) is 29.9 Å². The summed E-state index contributed by atoms with van der Waals surface area (Å²) >= 11 is 17.2. The van der Waals surface area contributed by atoms with Gasteiger partial charge in [-0.15, -0.1) is 33.2 Å². The molecule has 0 amide bonds. The summed E-state index contributed by atoms with van der Waals surface area (Å²) in [5.74, 6) is 0. The molecule has 0 aromatic heterocycles. The zero-order valence-electron chi connectivity index (χ0n) is 8.08. The molecule has 0 aliphatic heterocycles. The van der Waals surface area contributed by atoms with Gasteiger partial charge in [0.15, 0.2) is 0 Å². The molecule has 5 heteroatoms. The molecule has 0 fully saturated rings. The minimum absolute atomic E-state index is 0. The summed E-state index contributed by atoms with van der Waals surface area (Å²) in [6.45, 7) is 2.22. The van der Waals surface area contributed by atoms with E-state index in [4.69, 9.17) is 33.2 Å². The van der Waals surface area contributed by atoms with E-state index in [1.807, 2.05) is 0 Å². The second-order valence-electron chi connectivity index (χ2n) is 3.13. The van der Waals surface area contributed by atoms with E-state index in [0.29, 0.717) is 0 Å². The molecule has 0 saturated heterocycles. The van der Waals surface area contributed by atoms with E-state index in [2.05, 4.69) is 6.92 Å². The monoisotopic (exact) mass is 366 g/mol. The maximum atomic E-state index is 5.74. The first-order chi connectivity index (χ1) is 5.56. The van der Waals surface area contributed by atoms with Crippen LogP contribution in [0, 0.1) is 0 Å². The Labute approximate surface area is 114 Å². The van der Waals surface area contributed by atoms with Crippen LogP contribution < -0.4 is 0 Å². The molecule has 0 aromatic carbocycles. The van der Waals surface area contributed by atoms with Crippen LogP contribution in [0.4, 0.5) is 0 Å². The molecule has 0 saturated carbocycles. The van der Waals surface area contributed by atoms with Gasteiger partial charge in [0.1, 0.15) is 0 Å². The number of halogens is 3. The second kappa shape index (κ2) is 10.4. The first kappa shape index (κ1) is 17.3. The van der Waals surface area contributed by atoms with Crippen molar-refractivity contribution in [1.82, 2.24) is 0 Å². The molecule has 0 nitrogen and oxygen atoms in total. The Morgan fingerprint density at radius 1 is 0.846 bits per heavy atom. The van der Waals surface area contributed by atoms with Crippen molar-refractivity contribution in [2.24, 2.45) is 0 Å². The molecule has 0 spiro atoms. The SMILES string of the molecule is CCCCCCCC[Si](Cl)(Cl)Cl.[Sn]. The van der Waals surface area contributed by atoms with Gasteiger partial charge in [-0.05, 0) is 6.04 Å². The normalized spacial score (nSPS) is 11.1. The number of hydrogen-bond donors (Lipinski definition) is 0. The van der Waals surface area contributed by atoms with Crippen LogP contribution in [0.5, 0.6) is 0 Å². The molecular formula is C8H17Cl3SiSn. The van der Waals surface area contributed by atoms with Crippen LogP contribution in [-0.2, 0) is 0 Å². The smallest absolute Gasteiger partial charge is 0.126 e. The van der Waals surface area contributed by atoms with Crippen LogP contribution in [0.3, 0.4) is 0 Å². The molecule has 78 valence electrons. The summed E-state index contributed by atoms with van der Waals surface area (Å²) in [5.41, 5.74) is 0. The summed E-state index contributed by atoms with van der Waals surface area (Å²) in [7, 11) is 0. The molecule has 13 heavy (non-hydrogen) atoms. The molecular weight excluding hydrogens is 349 g/mol. The average Bonchev–Trinajstić information content (AvgIpc) is 1.94. The van der Waals surface area contributed by atoms with Crippen molar-refractivity contribution >= 4 is 63.1 Å². The Morgan fingerprint density at radius 2 is 1.31 bits per heavy atom. The Bertz CT molecular complexity index is 106. The second-order valence-corrected chi connectivity index (χ2v) is 12.4. The fourth-order valence-electron chi connectivity index (χ4n) is 1.11. The predicted molar refractivity (Wildman–Crippen MR) is 67.3 cm³/mol. The van der Waals surface area contributed by atoms with E-state index in [1.165, 1.54) is 32.1 Å². The number of hydrogen-bond acceptors (Lipinski definition) is 0. The maximum absolute atomic E-state index is 5.74. The molecule has 0 N–H and O–H groups in total. The van der Waals surface area contributed by atoms with Gasteiger partial charge in [-0.3, -0.25) is 0 Å². The first-order valence-corrected chi connectivity index (χ1v) is 9.87. The van der Waals surface area contributed by atoms with Crippen molar-refractivity contribution < 1.29 is 0 Å². The van der Waals surface area contributed by atoms with E-state index in [-0.39, 0.29) is 23.9 Å². The summed E-state index contributed by atoms with van der Waals surface area (Å²) in [5, 5.41) is 0. The van der Waals surface area contributed by atoms with Gasteiger partial charge < -0.3 is 0 Å². The van der Waals surface area contributed by atoms with E-state index in [1.54, 1.807) is 0 Å². The zero-order valence-corrected chi connectivity index (χ0v) is 14.2. The van der Waals surface area contributed by atoms with Crippen molar-refractivity contribution in [1.29, 1.82) is 0 Å². The Hall–Kier alpha value is 1.89. The summed E-state index contributed by atoms with van der Waals surface area (Å²) in [6, 6.07) is -1.49. The van der Waals surface area contributed by atoms with Crippen molar-refractivity contribution in [2.45, 2.75) is 51.5 Å². The molecule has 0 heterocycles. The Kier molecular flexibility index (Phi) is 13.8. The van der Waals surface area contributed by atoms with Crippen LogP contribution in [0.1, 0.15) is 45.4 Å². The molecule has 0 atom stereocenters. The molecule has 0 aliphatic carbocycles. The van der Waals surface area contributed by atoms with Crippen LogP contribution in [0.2, 0.25) is 6.04 Å². The largest absolute Gasteiger partial charge is 0.341 e. The van der Waals surface area contributed by atoms with E-state index >= 15 is 0 Å². The topological polar surface area (TPSA) is 0 Å². The van der Waals surface area contributed by atoms with Gasteiger partial charge in [-0.25, -0.2) is 0 Å². The van der Waals surface area contributed by atoms with Crippen LogP contribution in [0.15, 0.2) is 0 Å². The molecule has 0 bridgehead atoms. The molecule has 0 unspecified atom stereocenters. The summed E-state index contributed by atoms with van der Waals surface area (Å²) < 4.78 is 0. The van der Waals surface area contributed by atoms with Gasteiger partial charge in [0.2, 0.25) is 0 Å². The summed E-state index contributed by atoms with van der Waals surface area (Å²) in [4.78, 5) is 0. The van der Waals surface area contributed by atoms with Crippen molar-refractivity contribution in [3.05, 3.63) is 0 Å². The van der Waals surface area contributed by atoms with Gasteiger partial charge in [0, 0.05) is 23.9 Å². The van der Waals surface area contributed by atoms with Crippen molar-refractivity contribution in [2.75, 3.05) is 0 Å².